The number of amides is 2. The minimum absolute atomic E-state index is 0.145. The number of nitrogens with one attached hydrogen (secondary N) is 2. The molecule has 2 heterocycles. The number of hydrogen-bond acceptors (Lipinski definition) is 7. The van der Waals surface area contributed by atoms with Crippen LogP contribution in [-0.2, 0) is 11.2 Å². The highest BCUT2D eigenvalue weighted by atomic mass is 16.5. The van der Waals surface area contributed by atoms with Crippen LogP contribution in [0.1, 0.15) is 33.4 Å². The highest BCUT2D eigenvalue weighted by molar-refractivity contribution is 6.02. The van der Waals surface area contributed by atoms with Gasteiger partial charge in [0.25, 0.3) is 0 Å². The summed E-state index contributed by atoms with van der Waals surface area (Å²) in [5.74, 6) is 0.809. The predicted molar refractivity (Wildman–Crippen MR) is 124 cm³/mol. The summed E-state index contributed by atoms with van der Waals surface area (Å²) < 4.78 is 20.8. The van der Waals surface area contributed by atoms with E-state index in [9.17, 15) is 9.59 Å². The number of aromatic amines is 1. The highest BCUT2D eigenvalue weighted by Crippen LogP contribution is 2.37. The molecule has 178 valence electrons. The Kier molecular flexibility index (Phi) is 6.58. The monoisotopic (exact) mass is 466 g/mol. The zero-order valence-electron chi connectivity index (χ0n) is 19.4. The molecule has 10 nitrogen and oxygen atoms in total. The molecule has 1 aromatic heterocycles. The van der Waals surface area contributed by atoms with Crippen molar-refractivity contribution in [1.82, 2.24) is 14.9 Å². The first-order valence-electron chi connectivity index (χ1n) is 10.6. The van der Waals surface area contributed by atoms with E-state index in [4.69, 9.17) is 18.9 Å². The quantitative estimate of drug-likeness (QED) is 0.535. The van der Waals surface area contributed by atoms with Crippen LogP contribution in [0.5, 0.6) is 17.2 Å². The first-order chi connectivity index (χ1) is 16.5. The van der Waals surface area contributed by atoms with E-state index in [1.165, 1.54) is 33.5 Å². The Morgan fingerprint density at radius 1 is 1.03 bits per heavy atom. The molecule has 34 heavy (non-hydrogen) atoms. The number of aromatic nitrogens is 2. The second kappa shape index (κ2) is 9.74. The summed E-state index contributed by atoms with van der Waals surface area (Å²) in [6.45, 7) is 0.443. The van der Waals surface area contributed by atoms with Crippen LogP contribution in [0.15, 0.2) is 42.7 Å². The number of anilines is 1. The molecule has 10 heteroatoms. The molecule has 0 fully saturated rings. The van der Waals surface area contributed by atoms with Gasteiger partial charge in [0, 0.05) is 30.8 Å². The number of urea groups is 1. The lowest BCUT2D eigenvalue weighted by Gasteiger charge is -2.35. The molecule has 2 N–H and O–H groups in total. The number of rotatable bonds is 6. The Morgan fingerprint density at radius 3 is 2.38 bits per heavy atom. The first-order valence-corrected chi connectivity index (χ1v) is 10.6. The van der Waals surface area contributed by atoms with E-state index in [0.717, 1.165) is 17.0 Å². The van der Waals surface area contributed by atoms with Crippen LogP contribution in [0.2, 0.25) is 0 Å². The van der Waals surface area contributed by atoms with Crippen molar-refractivity contribution in [1.29, 1.82) is 0 Å². The summed E-state index contributed by atoms with van der Waals surface area (Å²) in [6, 6.07) is 9.69. The molecular formula is C24H26N4O6. The first kappa shape index (κ1) is 23.0. The van der Waals surface area contributed by atoms with Crippen LogP contribution in [0, 0.1) is 0 Å². The van der Waals surface area contributed by atoms with Crippen molar-refractivity contribution in [2.45, 2.75) is 12.5 Å². The van der Waals surface area contributed by atoms with Crippen molar-refractivity contribution < 1.29 is 28.5 Å². The van der Waals surface area contributed by atoms with Gasteiger partial charge in [-0.25, -0.2) is 14.6 Å². The lowest BCUT2D eigenvalue weighted by Crippen LogP contribution is -2.43. The van der Waals surface area contributed by atoms with Crippen LogP contribution in [-0.4, -0.2) is 61.9 Å². The lowest BCUT2D eigenvalue weighted by atomic mass is 9.96. The molecule has 1 aliphatic heterocycles. The Bertz CT molecular complexity index is 1190. The van der Waals surface area contributed by atoms with E-state index in [0.29, 0.717) is 30.2 Å². The number of nitrogens with zero attached hydrogens (tertiary/aromatic N) is 2. The molecular weight excluding hydrogens is 440 g/mol. The van der Waals surface area contributed by atoms with Crippen molar-refractivity contribution in [3.8, 4) is 17.2 Å². The number of imidazole rings is 1. The van der Waals surface area contributed by atoms with Gasteiger partial charge < -0.3 is 34.1 Å². The largest absolute Gasteiger partial charge is 0.497 e. The average molecular weight is 466 g/mol. The average Bonchev–Trinajstić information content (AvgIpc) is 3.36. The number of esters is 1. The van der Waals surface area contributed by atoms with E-state index in [1.54, 1.807) is 18.3 Å². The molecule has 0 saturated heterocycles. The second-order valence-electron chi connectivity index (χ2n) is 7.56. The molecule has 2 aromatic carbocycles. The smallest absolute Gasteiger partial charge is 0.340 e. The van der Waals surface area contributed by atoms with Crippen molar-refractivity contribution in [2.24, 2.45) is 0 Å². The third kappa shape index (κ3) is 4.21. The van der Waals surface area contributed by atoms with E-state index in [1.807, 2.05) is 24.3 Å². The summed E-state index contributed by atoms with van der Waals surface area (Å²) in [5.41, 5.74) is 3.02. The molecule has 2 amide bonds. The Labute approximate surface area is 196 Å². The Balaban J connectivity index is 1.71. The van der Waals surface area contributed by atoms with Crippen LogP contribution >= 0.6 is 0 Å². The van der Waals surface area contributed by atoms with Crippen molar-refractivity contribution in [3.05, 3.63) is 65.2 Å². The summed E-state index contributed by atoms with van der Waals surface area (Å²) in [5, 5.41) is 2.85. The zero-order chi connectivity index (χ0) is 24.2. The van der Waals surface area contributed by atoms with Crippen LogP contribution in [0.4, 0.5) is 10.5 Å². The number of methoxy groups -OCH3 is 4. The van der Waals surface area contributed by atoms with Crippen LogP contribution in [0.25, 0.3) is 0 Å². The third-order valence-corrected chi connectivity index (χ3v) is 5.79. The maximum Gasteiger partial charge on any atom is 0.340 e. The number of hydrogen-bond donors (Lipinski definition) is 2. The van der Waals surface area contributed by atoms with Gasteiger partial charge in [-0.2, -0.15) is 0 Å². The van der Waals surface area contributed by atoms with E-state index < -0.39 is 18.0 Å². The van der Waals surface area contributed by atoms with Crippen LogP contribution < -0.4 is 19.5 Å². The fraction of sp³-hybridized carbons (Fsp3) is 0.292. The van der Waals surface area contributed by atoms with Gasteiger partial charge in [-0.05, 0) is 17.7 Å². The molecule has 1 aliphatic rings. The summed E-state index contributed by atoms with van der Waals surface area (Å²) >= 11 is 0. The zero-order valence-corrected chi connectivity index (χ0v) is 19.4. The Morgan fingerprint density at radius 2 is 1.74 bits per heavy atom. The van der Waals surface area contributed by atoms with Crippen molar-refractivity contribution in [3.63, 3.8) is 0 Å². The van der Waals surface area contributed by atoms with E-state index >= 15 is 0 Å². The topological polar surface area (TPSA) is 115 Å². The van der Waals surface area contributed by atoms with Gasteiger partial charge in [0.2, 0.25) is 0 Å². The molecule has 0 saturated carbocycles. The van der Waals surface area contributed by atoms with E-state index in [-0.39, 0.29) is 11.3 Å². The van der Waals surface area contributed by atoms with Gasteiger partial charge >= 0.3 is 12.0 Å². The van der Waals surface area contributed by atoms with Gasteiger partial charge in [0.15, 0.2) is 11.5 Å². The number of benzene rings is 2. The minimum Gasteiger partial charge on any atom is -0.497 e. The van der Waals surface area contributed by atoms with E-state index in [2.05, 4.69) is 15.3 Å². The number of H-pyrrole nitrogens is 1. The van der Waals surface area contributed by atoms with Crippen LogP contribution in [0.3, 0.4) is 0 Å². The summed E-state index contributed by atoms with van der Waals surface area (Å²) in [7, 11) is 5.81. The Hall–Kier alpha value is -4.21. The molecule has 4 rings (SSSR count). The lowest BCUT2D eigenvalue weighted by molar-refractivity contribution is 0.0601. The molecule has 0 spiro atoms. The molecule has 0 unspecified atom stereocenters. The fourth-order valence-corrected chi connectivity index (χ4v) is 4.07. The number of carbonyl (C=O) groups is 2. The standard InChI is InChI=1S/C24H26N4O6/c1-31-15-7-5-14(6-8-15)22-21-17(25-13-26-21)9-10-28(22)24(30)27-18-12-20(33-3)19(32-2)11-16(18)23(29)34-4/h5-8,11-13,22H,9-10H2,1-4H3,(H,25,26)(H,27,30)/t22-/m0/s1. The predicted octanol–water partition coefficient (Wildman–Crippen LogP) is 3.40. The normalized spacial score (nSPS) is 14.7. The molecule has 1 atom stereocenters. The van der Waals surface area contributed by atoms with Gasteiger partial charge in [-0.3, -0.25) is 0 Å². The second-order valence-corrected chi connectivity index (χ2v) is 7.56. The van der Waals surface area contributed by atoms with Crippen molar-refractivity contribution in [2.75, 3.05) is 40.3 Å². The summed E-state index contributed by atoms with van der Waals surface area (Å²) in [4.78, 5) is 35.3. The summed E-state index contributed by atoms with van der Waals surface area (Å²) in [6.07, 6.45) is 2.25. The maximum absolute atomic E-state index is 13.6. The number of ether oxygens (including phenoxy) is 4. The van der Waals surface area contributed by atoms with Crippen molar-refractivity contribution >= 4 is 17.7 Å². The highest BCUT2D eigenvalue weighted by Gasteiger charge is 2.34. The van der Waals surface area contributed by atoms with Gasteiger partial charge in [0.05, 0.1) is 51.7 Å². The van der Waals surface area contributed by atoms with Gasteiger partial charge in [-0.1, -0.05) is 12.1 Å². The molecule has 0 aliphatic carbocycles. The van der Waals surface area contributed by atoms with Gasteiger partial charge in [0.1, 0.15) is 11.8 Å². The van der Waals surface area contributed by atoms with Gasteiger partial charge in [-0.15, -0.1) is 0 Å². The maximum atomic E-state index is 13.6. The molecule has 3 aromatic rings. The number of carbonyl (C=O) groups excluding carboxylic acids is 2. The fourth-order valence-electron chi connectivity index (χ4n) is 4.07. The third-order valence-electron chi connectivity index (χ3n) is 5.79. The SMILES string of the molecule is COC(=O)c1cc(OC)c(OC)cc1NC(=O)N1CCc2[nH]cnc2[C@@H]1c1ccc(OC)cc1. The number of fused-ring (bicyclic) bond motifs is 1. The molecule has 0 bridgehead atoms. The molecule has 0 radical (unpaired) electrons. The minimum atomic E-state index is -0.615.